The third-order valence-electron chi connectivity index (χ3n) is 2.65. The lowest BCUT2D eigenvalue weighted by atomic mass is 10.2. The van der Waals surface area contributed by atoms with Gasteiger partial charge in [-0.1, -0.05) is 33.6 Å². The first kappa shape index (κ1) is 15.4. The molecule has 2 rings (SSSR count). The van der Waals surface area contributed by atoms with E-state index in [0.717, 1.165) is 4.47 Å². The summed E-state index contributed by atoms with van der Waals surface area (Å²) < 4.78 is 0.871. The normalized spacial score (nSPS) is 9.76. The van der Waals surface area contributed by atoms with Crippen molar-refractivity contribution in [2.24, 2.45) is 0 Å². The first-order valence-corrected chi connectivity index (χ1v) is 7.24. The van der Waals surface area contributed by atoms with Gasteiger partial charge in [-0.15, -0.1) is 0 Å². The van der Waals surface area contributed by atoms with Crippen molar-refractivity contribution in [3.05, 3.63) is 57.5 Å². The van der Waals surface area contributed by atoms with Crippen LogP contribution in [0.4, 0.5) is 11.4 Å². The number of nitrogens with zero attached hydrogens (tertiary/aromatic N) is 1. The summed E-state index contributed by atoms with van der Waals surface area (Å²) in [6.07, 6.45) is 0. The molecule has 2 N–H and O–H groups in total. The Morgan fingerprint density at radius 2 is 2.10 bits per heavy atom. The first-order chi connectivity index (χ1) is 10.1. The largest absolute Gasteiger partial charge is 0.375 e. The molecule has 4 nitrogen and oxygen atoms in total. The van der Waals surface area contributed by atoms with Gasteiger partial charge in [0, 0.05) is 10.2 Å². The van der Waals surface area contributed by atoms with Gasteiger partial charge in [-0.2, -0.15) is 5.26 Å². The molecule has 0 fully saturated rings. The van der Waals surface area contributed by atoms with Crippen LogP contribution in [0.15, 0.2) is 46.9 Å². The van der Waals surface area contributed by atoms with Crippen LogP contribution in [0.2, 0.25) is 5.02 Å². The summed E-state index contributed by atoms with van der Waals surface area (Å²) in [6, 6.07) is 14.1. The summed E-state index contributed by atoms with van der Waals surface area (Å²) in [7, 11) is 0. The molecule has 0 saturated carbocycles. The lowest BCUT2D eigenvalue weighted by molar-refractivity contribution is -0.114. The number of carbonyl (C=O) groups is 1. The highest BCUT2D eigenvalue weighted by Crippen LogP contribution is 2.25. The van der Waals surface area contributed by atoms with Crippen LogP contribution in [0.25, 0.3) is 0 Å². The van der Waals surface area contributed by atoms with Crippen LogP contribution < -0.4 is 10.6 Å². The highest BCUT2D eigenvalue weighted by molar-refractivity contribution is 9.10. The highest BCUT2D eigenvalue weighted by atomic mass is 79.9. The molecule has 6 heteroatoms. The van der Waals surface area contributed by atoms with E-state index in [1.54, 1.807) is 36.4 Å². The zero-order chi connectivity index (χ0) is 15.2. The minimum atomic E-state index is -0.218. The van der Waals surface area contributed by atoms with E-state index in [4.69, 9.17) is 16.9 Å². The van der Waals surface area contributed by atoms with Crippen LogP contribution in [0, 0.1) is 11.3 Å². The third-order valence-corrected chi connectivity index (χ3v) is 3.45. The van der Waals surface area contributed by atoms with Crippen molar-refractivity contribution in [2.75, 3.05) is 17.2 Å². The van der Waals surface area contributed by atoms with Gasteiger partial charge >= 0.3 is 0 Å². The zero-order valence-corrected chi connectivity index (χ0v) is 13.2. The average Bonchev–Trinajstić information content (AvgIpc) is 2.46. The minimum absolute atomic E-state index is 0.0815. The van der Waals surface area contributed by atoms with Crippen LogP contribution in [0.1, 0.15) is 5.56 Å². The highest BCUT2D eigenvalue weighted by Gasteiger charge is 2.05. The summed E-state index contributed by atoms with van der Waals surface area (Å²) in [5.41, 5.74) is 1.76. The molecule has 0 aromatic heterocycles. The fourth-order valence-corrected chi connectivity index (χ4v) is 2.42. The second kappa shape index (κ2) is 7.11. The maximum Gasteiger partial charge on any atom is 0.243 e. The van der Waals surface area contributed by atoms with Crippen molar-refractivity contribution in [3.63, 3.8) is 0 Å². The molecule has 0 aliphatic rings. The van der Waals surface area contributed by atoms with E-state index in [9.17, 15) is 4.79 Å². The van der Waals surface area contributed by atoms with E-state index in [1.807, 2.05) is 12.1 Å². The van der Waals surface area contributed by atoms with Crippen LogP contribution >= 0.6 is 27.5 Å². The number of hydrogen-bond donors (Lipinski definition) is 2. The molecule has 0 saturated heterocycles. The molecule has 2 aromatic rings. The molecule has 1 amide bonds. The molecule has 0 spiro atoms. The predicted molar refractivity (Wildman–Crippen MR) is 87.4 cm³/mol. The maximum absolute atomic E-state index is 11.9. The fraction of sp³-hybridized carbons (Fsp3) is 0.0667. The molecule has 0 heterocycles. The lowest BCUT2D eigenvalue weighted by Crippen LogP contribution is -2.21. The standard InChI is InChI=1S/C15H11BrClN3O/c16-11-4-5-14(13(17)7-11)19-9-15(21)20-12-3-1-2-10(6-12)8-18/h1-7,19H,9H2,(H,20,21). The Labute approximate surface area is 135 Å². The van der Waals surface area contributed by atoms with Crippen molar-refractivity contribution < 1.29 is 4.79 Å². The number of carbonyl (C=O) groups excluding carboxylic acids is 1. The van der Waals surface area contributed by atoms with Crippen molar-refractivity contribution >= 4 is 44.8 Å². The molecule has 0 radical (unpaired) electrons. The smallest absolute Gasteiger partial charge is 0.243 e. The summed E-state index contributed by atoms with van der Waals surface area (Å²) in [5.74, 6) is -0.218. The van der Waals surface area contributed by atoms with E-state index in [1.165, 1.54) is 0 Å². The molecule has 0 aliphatic heterocycles. The quantitative estimate of drug-likeness (QED) is 0.861. The van der Waals surface area contributed by atoms with Gasteiger partial charge in [0.2, 0.25) is 5.91 Å². The molecular weight excluding hydrogens is 354 g/mol. The zero-order valence-electron chi connectivity index (χ0n) is 10.9. The number of hydrogen-bond acceptors (Lipinski definition) is 3. The van der Waals surface area contributed by atoms with Crippen LogP contribution in [0.5, 0.6) is 0 Å². The number of anilines is 2. The van der Waals surface area contributed by atoms with Gasteiger partial charge in [0.15, 0.2) is 0 Å². The van der Waals surface area contributed by atoms with E-state index >= 15 is 0 Å². The van der Waals surface area contributed by atoms with Gasteiger partial charge < -0.3 is 10.6 Å². The molecule has 2 aromatic carbocycles. The maximum atomic E-state index is 11.9. The van der Waals surface area contributed by atoms with Gasteiger partial charge in [0.1, 0.15) is 0 Å². The van der Waals surface area contributed by atoms with Gasteiger partial charge in [0.05, 0.1) is 28.9 Å². The molecule has 21 heavy (non-hydrogen) atoms. The predicted octanol–water partition coefficient (Wildman–Crippen LogP) is 4.02. The monoisotopic (exact) mass is 363 g/mol. The minimum Gasteiger partial charge on any atom is -0.375 e. The Balaban J connectivity index is 1.94. The van der Waals surface area contributed by atoms with Gasteiger partial charge in [-0.05, 0) is 36.4 Å². The van der Waals surface area contributed by atoms with Crippen molar-refractivity contribution in [1.82, 2.24) is 0 Å². The number of nitrogens with one attached hydrogen (secondary N) is 2. The van der Waals surface area contributed by atoms with Crippen molar-refractivity contribution in [3.8, 4) is 6.07 Å². The SMILES string of the molecule is N#Cc1cccc(NC(=O)CNc2ccc(Br)cc2Cl)c1. The topological polar surface area (TPSA) is 64.9 Å². The molecule has 0 unspecified atom stereocenters. The third kappa shape index (κ3) is 4.48. The number of nitriles is 1. The van der Waals surface area contributed by atoms with Gasteiger partial charge in [-0.3, -0.25) is 4.79 Å². The Hall–Kier alpha value is -2.03. The first-order valence-electron chi connectivity index (χ1n) is 6.07. The molecule has 106 valence electrons. The van der Waals surface area contributed by atoms with Crippen molar-refractivity contribution in [1.29, 1.82) is 5.26 Å². The van der Waals surface area contributed by atoms with E-state index < -0.39 is 0 Å². The second-order valence-corrected chi connectivity index (χ2v) is 5.54. The Morgan fingerprint density at radius 1 is 1.29 bits per heavy atom. The number of halogens is 2. The Kier molecular flexibility index (Phi) is 5.20. The van der Waals surface area contributed by atoms with Crippen molar-refractivity contribution in [2.45, 2.75) is 0 Å². The van der Waals surface area contributed by atoms with Crippen LogP contribution in [-0.2, 0) is 4.79 Å². The number of amides is 1. The molecule has 0 bridgehead atoms. The van der Waals surface area contributed by atoms with E-state index in [-0.39, 0.29) is 12.5 Å². The van der Waals surface area contributed by atoms with E-state index in [0.29, 0.717) is 22.0 Å². The second-order valence-electron chi connectivity index (χ2n) is 4.22. The number of benzene rings is 2. The fourth-order valence-electron chi connectivity index (χ4n) is 1.68. The average molecular weight is 365 g/mol. The Morgan fingerprint density at radius 3 is 2.81 bits per heavy atom. The summed E-state index contributed by atoms with van der Waals surface area (Å²) >= 11 is 9.37. The van der Waals surface area contributed by atoms with E-state index in [2.05, 4.69) is 26.6 Å². The van der Waals surface area contributed by atoms with Crippen LogP contribution in [-0.4, -0.2) is 12.5 Å². The van der Waals surface area contributed by atoms with Crippen LogP contribution in [0.3, 0.4) is 0 Å². The number of rotatable bonds is 4. The summed E-state index contributed by atoms with van der Waals surface area (Å²) in [6.45, 7) is 0.0815. The summed E-state index contributed by atoms with van der Waals surface area (Å²) in [4.78, 5) is 11.9. The lowest BCUT2D eigenvalue weighted by Gasteiger charge is -2.09. The summed E-state index contributed by atoms with van der Waals surface area (Å²) in [5, 5.41) is 15.0. The molecule has 0 aliphatic carbocycles. The molecular formula is C15H11BrClN3O. The van der Waals surface area contributed by atoms with Gasteiger partial charge in [-0.25, -0.2) is 0 Å². The van der Waals surface area contributed by atoms with Gasteiger partial charge in [0.25, 0.3) is 0 Å². The molecule has 0 atom stereocenters. The Bertz CT molecular complexity index is 712.